The highest BCUT2D eigenvalue weighted by Gasteiger charge is 2.22. The summed E-state index contributed by atoms with van der Waals surface area (Å²) in [6.07, 6.45) is 2.23. The van der Waals surface area contributed by atoms with Gasteiger partial charge in [-0.15, -0.1) is 24.0 Å². The van der Waals surface area contributed by atoms with Crippen molar-refractivity contribution in [2.45, 2.75) is 30.7 Å². The van der Waals surface area contributed by atoms with Crippen LogP contribution in [0.15, 0.2) is 34.2 Å². The van der Waals surface area contributed by atoms with Crippen molar-refractivity contribution in [1.29, 1.82) is 0 Å². The van der Waals surface area contributed by atoms with E-state index < -0.39 is 14.9 Å². The molecule has 1 aromatic carbocycles. The molecular weight excluding hydrogens is 461 g/mol. The van der Waals surface area contributed by atoms with Gasteiger partial charge in [-0.05, 0) is 25.8 Å². The van der Waals surface area contributed by atoms with Gasteiger partial charge in [0.2, 0.25) is 10.0 Å². The molecule has 25 heavy (non-hydrogen) atoms. The van der Waals surface area contributed by atoms with E-state index in [4.69, 9.17) is 0 Å². The van der Waals surface area contributed by atoms with Gasteiger partial charge in [-0.2, -0.15) is 0 Å². The average Bonchev–Trinajstić information content (AvgIpc) is 3.36. The molecule has 0 aromatic heterocycles. The van der Waals surface area contributed by atoms with Gasteiger partial charge in [0.05, 0.1) is 16.4 Å². The van der Waals surface area contributed by atoms with Crippen LogP contribution in [0.2, 0.25) is 0 Å². The summed E-state index contributed by atoms with van der Waals surface area (Å²) in [6.45, 7) is 3.04. The number of aliphatic imine (C=N–C) groups is 1. The van der Waals surface area contributed by atoms with Crippen molar-refractivity contribution >= 4 is 45.6 Å². The Morgan fingerprint density at radius 1 is 1.40 bits per heavy atom. The summed E-state index contributed by atoms with van der Waals surface area (Å²) in [6, 6.07) is 5.38. The zero-order chi connectivity index (χ0) is 17.6. The Morgan fingerprint density at radius 2 is 2.12 bits per heavy atom. The van der Waals surface area contributed by atoms with Gasteiger partial charge in [-0.3, -0.25) is 15.1 Å². The minimum Gasteiger partial charge on any atom is -0.357 e. The lowest BCUT2D eigenvalue weighted by Gasteiger charge is -2.10. The van der Waals surface area contributed by atoms with Crippen molar-refractivity contribution in [1.82, 2.24) is 15.4 Å². The molecule has 1 saturated carbocycles. The van der Waals surface area contributed by atoms with Crippen LogP contribution in [-0.4, -0.2) is 45.0 Å². The van der Waals surface area contributed by atoms with Crippen LogP contribution in [0.25, 0.3) is 0 Å². The van der Waals surface area contributed by atoms with Gasteiger partial charge < -0.3 is 10.6 Å². The van der Waals surface area contributed by atoms with Crippen LogP contribution < -0.4 is 15.4 Å². The molecule has 0 unspecified atom stereocenters. The number of guanidine groups is 1. The van der Waals surface area contributed by atoms with Gasteiger partial charge in [0.25, 0.3) is 5.69 Å². The predicted molar refractivity (Wildman–Crippen MR) is 106 cm³/mol. The summed E-state index contributed by atoms with van der Waals surface area (Å²) in [5, 5.41) is 17.0. The fourth-order valence-electron chi connectivity index (χ4n) is 1.94. The molecule has 1 aliphatic carbocycles. The number of nitro groups is 1. The third-order valence-electron chi connectivity index (χ3n) is 3.27. The fourth-order valence-corrected chi connectivity index (χ4v) is 3.00. The molecule has 9 nitrogen and oxygen atoms in total. The number of nitro benzene ring substituents is 1. The first-order valence-electron chi connectivity index (χ1n) is 7.71. The average molecular weight is 483 g/mol. The Balaban J connectivity index is 0.00000312. The number of rotatable bonds is 8. The van der Waals surface area contributed by atoms with Crippen LogP contribution in [0.1, 0.15) is 19.8 Å². The SMILES string of the molecule is CCNC(=NCCNS(=O)(=O)c1cccc([N+](=O)[O-])c1)NC1CC1.I. The van der Waals surface area contributed by atoms with E-state index in [-0.39, 0.29) is 47.6 Å². The molecule has 2 rings (SSSR count). The second-order valence-electron chi connectivity index (χ2n) is 5.33. The van der Waals surface area contributed by atoms with Gasteiger partial charge >= 0.3 is 0 Å². The van der Waals surface area contributed by atoms with Gasteiger partial charge in [-0.25, -0.2) is 13.1 Å². The maximum atomic E-state index is 12.2. The molecule has 1 fully saturated rings. The van der Waals surface area contributed by atoms with Gasteiger partial charge in [0.1, 0.15) is 0 Å². The minimum absolute atomic E-state index is 0. The first-order chi connectivity index (χ1) is 11.4. The highest BCUT2D eigenvalue weighted by molar-refractivity contribution is 14.0. The highest BCUT2D eigenvalue weighted by Crippen LogP contribution is 2.18. The molecule has 1 aromatic rings. The van der Waals surface area contributed by atoms with Crippen molar-refractivity contribution < 1.29 is 13.3 Å². The number of nitrogens with zero attached hydrogens (tertiary/aromatic N) is 2. The normalized spacial score (nSPS) is 14.5. The van der Waals surface area contributed by atoms with Crippen LogP contribution in [0.5, 0.6) is 0 Å². The summed E-state index contributed by atoms with van der Waals surface area (Å²) in [4.78, 5) is 14.3. The van der Waals surface area contributed by atoms with E-state index in [1.54, 1.807) is 0 Å². The molecule has 140 valence electrons. The zero-order valence-electron chi connectivity index (χ0n) is 13.8. The van der Waals surface area contributed by atoms with Crippen molar-refractivity contribution in [3.63, 3.8) is 0 Å². The summed E-state index contributed by atoms with van der Waals surface area (Å²) in [5.41, 5.74) is -0.265. The number of non-ortho nitro benzene ring substituents is 1. The second-order valence-corrected chi connectivity index (χ2v) is 7.10. The van der Waals surface area contributed by atoms with Crippen LogP contribution in [0.3, 0.4) is 0 Å². The van der Waals surface area contributed by atoms with E-state index >= 15 is 0 Å². The molecule has 0 heterocycles. The molecule has 0 spiro atoms. The number of benzene rings is 1. The first-order valence-corrected chi connectivity index (χ1v) is 9.19. The minimum atomic E-state index is -3.80. The van der Waals surface area contributed by atoms with E-state index in [1.807, 2.05) is 6.92 Å². The number of hydrogen-bond acceptors (Lipinski definition) is 5. The number of halogens is 1. The monoisotopic (exact) mass is 483 g/mol. The van der Waals surface area contributed by atoms with E-state index in [9.17, 15) is 18.5 Å². The highest BCUT2D eigenvalue weighted by atomic mass is 127. The van der Waals surface area contributed by atoms with Gasteiger partial charge in [-0.1, -0.05) is 6.07 Å². The predicted octanol–water partition coefficient (Wildman–Crippen LogP) is 1.21. The Labute approximate surface area is 163 Å². The summed E-state index contributed by atoms with van der Waals surface area (Å²) >= 11 is 0. The molecule has 0 aliphatic heterocycles. The van der Waals surface area contributed by atoms with Crippen molar-refractivity contribution in [2.24, 2.45) is 4.99 Å². The lowest BCUT2D eigenvalue weighted by atomic mass is 10.3. The van der Waals surface area contributed by atoms with E-state index in [2.05, 4.69) is 20.3 Å². The Morgan fingerprint density at radius 3 is 2.72 bits per heavy atom. The van der Waals surface area contributed by atoms with E-state index in [1.165, 1.54) is 18.2 Å². The third-order valence-corrected chi connectivity index (χ3v) is 4.73. The van der Waals surface area contributed by atoms with Crippen LogP contribution >= 0.6 is 24.0 Å². The molecule has 11 heteroatoms. The van der Waals surface area contributed by atoms with Crippen LogP contribution in [-0.2, 0) is 10.0 Å². The molecule has 0 amide bonds. The third kappa shape index (κ3) is 7.12. The second kappa shape index (κ2) is 9.87. The lowest BCUT2D eigenvalue weighted by Crippen LogP contribution is -2.39. The van der Waals surface area contributed by atoms with Gasteiger partial charge in [0, 0.05) is 31.3 Å². The Hall–Kier alpha value is -1.47. The van der Waals surface area contributed by atoms with E-state index in [0.29, 0.717) is 12.0 Å². The summed E-state index contributed by atoms with van der Waals surface area (Å²) < 4.78 is 26.7. The molecule has 0 atom stereocenters. The molecule has 0 bridgehead atoms. The smallest absolute Gasteiger partial charge is 0.270 e. The van der Waals surface area contributed by atoms with Crippen molar-refractivity contribution in [2.75, 3.05) is 19.6 Å². The van der Waals surface area contributed by atoms with Crippen molar-refractivity contribution in [3.05, 3.63) is 34.4 Å². The number of nitrogens with one attached hydrogen (secondary N) is 3. The van der Waals surface area contributed by atoms with Crippen LogP contribution in [0.4, 0.5) is 5.69 Å². The van der Waals surface area contributed by atoms with Crippen molar-refractivity contribution in [3.8, 4) is 0 Å². The molecule has 0 saturated heterocycles. The molecular formula is C14H22IN5O4S. The number of hydrogen-bond donors (Lipinski definition) is 3. The molecule has 1 aliphatic rings. The summed E-state index contributed by atoms with van der Waals surface area (Å²) in [5.74, 6) is 0.662. The lowest BCUT2D eigenvalue weighted by molar-refractivity contribution is -0.385. The van der Waals surface area contributed by atoms with Gasteiger partial charge in [0.15, 0.2) is 5.96 Å². The largest absolute Gasteiger partial charge is 0.357 e. The fraction of sp³-hybridized carbons (Fsp3) is 0.500. The maximum absolute atomic E-state index is 12.2. The Bertz CT molecular complexity index is 722. The topological polar surface area (TPSA) is 126 Å². The maximum Gasteiger partial charge on any atom is 0.270 e. The molecule has 3 N–H and O–H groups in total. The van der Waals surface area contributed by atoms with Crippen LogP contribution in [0, 0.1) is 10.1 Å². The number of sulfonamides is 1. The summed E-state index contributed by atoms with van der Waals surface area (Å²) in [7, 11) is -3.80. The standard InChI is InChI=1S/C14H21N5O4S.HI/c1-2-15-14(18-11-6-7-11)16-8-9-17-24(22,23)13-5-3-4-12(10-13)19(20)21;/h3-5,10-11,17H,2,6-9H2,1H3,(H2,15,16,18);1H. The Kier molecular flexibility index (Phi) is 8.52. The first kappa shape index (κ1) is 21.6. The zero-order valence-corrected chi connectivity index (χ0v) is 16.9. The molecule has 0 radical (unpaired) electrons. The van der Waals surface area contributed by atoms with E-state index in [0.717, 1.165) is 25.5 Å². The quantitative estimate of drug-likeness (QED) is 0.128.